The standard InChI is InChI=1S/C27H34N2O5/c1-32-24-10-6-7-20(27(24)33-2)11-14-28-15-13-22-18-29(16-12-21(22)17-25(28)30)26(31)19-34-23-8-4-3-5-9-23/h3-10,21-22H,11-19H2,1-2H3. The largest absolute Gasteiger partial charge is 0.493 e. The molecule has 2 fully saturated rings. The Morgan fingerprint density at radius 1 is 0.971 bits per heavy atom. The van der Waals surface area contributed by atoms with Gasteiger partial charge in [0.05, 0.1) is 14.2 Å². The predicted octanol–water partition coefficient (Wildman–Crippen LogP) is 3.41. The van der Waals surface area contributed by atoms with Crippen LogP contribution in [0.3, 0.4) is 0 Å². The van der Waals surface area contributed by atoms with Crippen LogP contribution in [-0.2, 0) is 16.0 Å². The van der Waals surface area contributed by atoms with Crippen LogP contribution in [0.25, 0.3) is 0 Å². The van der Waals surface area contributed by atoms with E-state index in [2.05, 4.69) is 0 Å². The number of methoxy groups -OCH3 is 2. The average Bonchev–Trinajstić information content (AvgIpc) is 3.03. The molecule has 182 valence electrons. The number of rotatable bonds is 8. The van der Waals surface area contributed by atoms with Crippen molar-refractivity contribution in [2.24, 2.45) is 11.8 Å². The van der Waals surface area contributed by atoms with Crippen molar-refractivity contribution in [2.75, 3.05) is 47.0 Å². The first kappa shape index (κ1) is 23.9. The van der Waals surface area contributed by atoms with E-state index in [0.717, 1.165) is 30.7 Å². The van der Waals surface area contributed by atoms with Crippen LogP contribution in [0.15, 0.2) is 48.5 Å². The Balaban J connectivity index is 1.31. The summed E-state index contributed by atoms with van der Waals surface area (Å²) < 4.78 is 16.6. The van der Waals surface area contributed by atoms with Crippen LogP contribution in [0.2, 0.25) is 0 Å². The van der Waals surface area contributed by atoms with Crippen LogP contribution in [0, 0.1) is 11.8 Å². The SMILES string of the molecule is COc1cccc(CCN2CCC3CN(C(=O)COc4ccccc4)CCC3CC2=O)c1OC. The zero-order valence-corrected chi connectivity index (χ0v) is 20.1. The molecule has 2 saturated heterocycles. The monoisotopic (exact) mass is 466 g/mol. The van der Waals surface area contributed by atoms with Gasteiger partial charge in [-0.2, -0.15) is 0 Å². The van der Waals surface area contributed by atoms with Gasteiger partial charge in [0.15, 0.2) is 18.1 Å². The number of benzene rings is 2. The van der Waals surface area contributed by atoms with Crippen molar-refractivity contribution in [1.29, 1.82) is 0 Å². The summed E-state index contributed by atoms with van der Waals surface area (Å²) >= 11 is 0. The third-order valence-corrected chi connectivity index (χ3v) is 7.04. The predicted molar refractivity (Wildman–Crippen MR) is 129 cm³/mol. The lowest BCUT2D eigenvalue weighted by molar-refractivity contribution is -0.136. The minimum absolute atomic E-state index is 0.0138. The Hall–Kier alpha value is -3.22. The summed E-state index contributed by atoms with van der Waals surface area (Å²) in [7, 11) is 3.27. The third kappa shape index (κ3) is 5.64. The topological polar surface area (TPSA) is 68.3 Å². The van der Waals surface area contributed by atoms with Gasteiger partial charge in [0.2, 0.25) is 5.91 Å². The summed E-state index contributed by atoms with van der Waals surface area (Å²) in [5.74, 6) is 3.04. The number of para-hydroxylation sites is 2. The molecule has 0 aliphatic carbocycles. The molecule has 2 aliphatic heterocycles. The number of fused-ring (bicyclic) bond motifs is 1. The molecule has 0 radical (unpaired) electrons. The first-order valence-electron chi connectivity index (χ1n) is 12.0. The second-order valence-electron chi connectivity index (χ2n) is 9.03. The van der Waals surface area contributed by atoms with E-state index in [1.54, 1.807) is 14.2 Å². The summed E-state index contributed by atoms with van der Waals surface area (Å²) in [4.78, 5) is 29.6. The molecule has 2 atom stereocenters. The molecule has 4 rings (SSSR count). The minimum Gasteiger partial charge on any atom is -0.493 e. The second kappa shape index (κ2) is 11.3. The molecule has 0 saturated carbocycles. The quantitative estimate of drug-likeness (QED) is 0.596. The molecule has 0 aromatic heterocycles. The first-order chi connectivity index (χ1) is 16.6. The molecule has 2 amide bonds. The van der Waals surface area contributed by atoms with E-state index >= 15 is 0 Å². The summed E-state index contributed by atoms with van der Waals surface area (Å²) in [5, 5.41) is 0. The van der Waals surface area contributed by atoms with Crippen molar-refractivity contribution in [1.82, 2.24) is 9.80 Å². The van der Waals surface area contributed by atoms with Gasteiger partial charge >= 0.3 is 0 Å². The summed E-state index contributed by atoms with van der Waals surface area (Å²) in [5.41, 5.74) is 1.03. The van der Waals surface area contributed by atoms with Crippen molar-refractivity contribution in [2.45, 2.75) is 25.7 Å². The highest BCUT2D eigenvalue weighted by Gasteiger charge is 2.36. The van der Waals surface area contributed by atoms with Crippen molar-refractivity contribution in [3.05, 3.63) is 54.1 Å². The van der Waals surface area contributed by atoms with E-state index in [0.29, 0.717) is 55.8 Å². The Morgan fingerprint density at radius 3 is 2.53 bits per heavy atom. The van der Waals surface area contributed by atoms with Gasteiger partial charge in [0.1, 0.15) is 5.75 Å². The lowest BCUT2D eigenvalue weighted by Crippen LogP contribution is -2.45. The number of ether oxygens (including phenoxy) is 3. The van der Waals surface area contributed by atoms with Crippen LogP contribution >= 0.6 is 0 Å². The Morgan fingerprint density at radius 2 is 1.76 bits per heavy atom. The van der Waals surface area contributed by atoms with Crippen molar-refractivity contribution < 1.29 is 23.8 Å². The number of carbonyl (C=O) groups excluding carboxylic acids is 2. The highest BCUT2D eigenvalue weighted by Crippen LogP contribution is 2.34. The lowest BCUT2D eigenvalue weighted by atomic mass is 9.82. The highest BCUT2D eigenvalue weighted by molar-refractivity contribution is 5.78. The zero-order chi connectivity index (χ0) is 23.9. The second-order valence-corrected chi connectivity index (χ2v) is 9.03. The molecular formula is C27H34N2O5. The van der Waals surface area contributed by atoms with E-state index in [1.807, 2.05) is 58.3 Å². The molecule has 0 spiro atoms. The molecule has 2 aromatic carbocycles. The van der Waals surface area contributed by atoms with Crippen molar-refractivity contribution in [3.8, 4) is 17.2 Å². The number of hydrogen-bond acceptors (Lipinski definition) is 5. The summed E-state index contributed by atoms with van der Waals surface area (Å²) in [6.45, 7) is 2.80. The van der Waals surface area contributed by atoms with Gasteiger partial charge in [0.25, 0.3) is 5.91 Å². The van der Waals surface area contributed by atoms with E-state index in [-0.39, 0.29) is 18.4 Å². The third-order valence-electron chi connectivity index (χ3n) is 7.04. The zero-order valence-electron chi connectivity index (χ0n) is 20.1. The van der Waals surface area contributed by atoms with Crippen LogP contribution < -0.4 is 14.2 Å². The molecule has 0 N–H and O–H groups in total. The van der Waals surface area contributed by atoms with Gasteiger partial charge in [-0.25, -0.2) is 0 Å². The van der Waals surface area contributed by atoms with E-state index in [9.17, 15) is 9.59 Å². The maximum absolute atomic E-state index is 13.0. The van der Waals surface area contributed by atoms with Gasteiger partial charge in [-0.3, -0.25) is 9.59 Å². The number of amides is 2. The first-order valence-corrected chi connectivity index (χ1v) is 12.0. The number of hydrogen-bond donors (Lipinski definition) is 0. The molecular weight excluding hydrogens is 432 g/mol. The molecule has 2 aliphatic rings. The Labute approximate surface area is 201 Å². The molecule has 7 heteroatoms. The number of piperidine rings is 1. The smallest absolute Gasteiger partial charge is 0.260 e. The molecule has 2 heterocycles. The maximum atomic E-state index is 13.0. The summed E-state index contributed by atoms with van der Waals surface area (Å²) in [6, 6.07) is 15.3. The fourth-order valence-corrected chi connectivity index (χ4v) is 5.10. The fraction of sp³-hybridized carbons (Fsp3) is 0.481. The number of nitrogens with zero attached hydrogens (tertiary/aromatic N) is 2. The van der Waals surface area contributed by atoms with E-state index in [4.69, 9.17) is 14.2 Å². The van der Waals surface area contributed by atoms with Crippen LogP contribution in [-0.4, -0.2) is 68.6 Å². The van der Waals surface area contributed by atoms with Crippen LogP contribution in [0.5, 0.6) is 17.2 Å². The molecule has 2 unspecified atom stereocenters. The minimum atomic E-state index is 0.0138. The van der Waals surface area contributed by atoms with Gasteiger partial charge in [-0.05, 0) is 54.9 Å². The van der Waals surface area contributed by atoms with Crippen molar-refractivity contribution in [3.63, 3.8) is 0 Å². The van der Waals surface area contributed by atoms with Gasteiger partial charge in [-0.15, -0.1) is 0 Å². The average molecular weight is 467 g/mol. The molecule has 2 aromatic rings. The molecule has 34 heavy (non-hydrogen) atoms. The normalized spacial score (nSPS) is 20.4. The number of carbonyl (C=O) groups is 2. The number of likely N-dealkylation sites (tertiary alicyclic amines) is 2. The van der Waals surface area contributed by atoms with Gasteiger partial charge < -0.3 is 24.0 Å². The Bertz CT molecular complexity index is 980. The van der Waals surface area contributed by atoms with Gasteiger partial charge in [-0.1, -0.05) is 30.3 Å². The van der Waals surface area contributed by atoms with Gasteiger partial charge in [0, 0.05) is 32.6 Å². The molecule has 0 bridgehead atoms. The van der Waals surface area contributed by atoms with E-state index < -0.39 is 0 Å². The summed E-state index contributed by atoms with van der Waals surface area (Å²) in [6.07, 6.45) is 3.05. The fourth-order valence-electron chi connectivity index (χ4n) is 5.10. The molecule has 7 nitrogen and oxygen atoms in total. The lowest BCUT2D eigenvalue weighted by Gasteiger charge is -2.37. The maximum Gasteiger partial charge on any atom is 0.260 e. The van der Waals surface area contributed by atoms with Crippen LogP contribution in [0.4, 0.5) is 0 Å². The van der Waals surface area contributed by atoms with Crippen molar-refractivity contribution >= 4 is 11.8 Å². The van der Waals surface area contributed by atoms with E-state index in [1.165, 1.54) is 0 Å². The Kier molecular flexibility index (Phi) is 7.93. The van der Waals surface area contributed by atoms with Crippen LogP contribution in [0.1, 0.15) is 24.8 Å². The highest BCUT2D eigenvalue weighted by atomic mass is 16.5.